The Balaban J connectivity index is 1.82. The van der Waals surface area contributed by atoms with E-state index in [0.29, 0.717) is 17.7 Å². The molecule has 124 valence electrons. The van der Waals surface area contributed by atoms with Gasteiger partial charge in [0.15, 0.2) is 6.10 Å². The second-order valence-electron chi connectivity index (χ2n) is 5.93. The second-order valence-corrected chi connectivity index (χ2v) is 5.93. The minimum Gasteiger partial charge on any atom is -0.382 e. The number of amides is 3. The summed E-state index contributed by atoms with van der Waals surface area (Å²) in [6.07, 6.45) is -6.50. The Morgan fingerprint density at radius 2 is 1.91 bits per heavy atom. The van der Waals surface area contributed by atoms with E-state index in [9.17, 15) is 22.8 Å². The fourth-order valence-electron chi connectivity index (χ4n) is 3.14. The molecule has 5 nitrogen and oxygen atoms in total. The van der Waals surface area contributed by atoms with Crippen LogP contribution in [-0.2, 0) is 17.6 Å². The standard InChI is InChI=1S/C15H15F3N2O3/c16-15(17,18)11(21)8-20-12(22)14(19-13(20)23)6-5-9-3-1-2-4-10(9)7-14/h1-4,11,21H,5-8H2,(H,19,23)/t11-,14+/m1/s1. The van der Waals surface area contributed by atoms with Gasteiger partial charge in [-0.3, -0.25) is 9.69 Å². The van der Waals surface area contributed by atoms with E-state index in [4.69, 9.17) is 5.11 Å². The number of aryl methyl sites for hydroxylation is 1. The Labute approximate surface area is 130 Å². The maximum atomic E-state index is 12.5. The van der Waals surface area contributed by atoms with Crippen LogP contribution in [0.15, 0.2) is 24.3 Å². The van der Waals surface area contributed by atoms with Gasteiger partial charge < -0.3 is 10.4 Å². The van der Waals surface area contributed by atoms with Gasteiger partial charge >= 0.3 is 12.2 Å². The highest BCUT2D eigenvalue weighted by Gasteiger charge is 2.54. The number of carbonyl (C=O) groups is 2. The number of hydrogen-bond acceptors (Lipinski definition) is 3. The fourth-order valence-corrected chi connectivity index (χ4v) is 3.14. The van der Waals surface area contributed by atoms with Crippen molar-refractivity contribution in [1.29, 1.82) is 0 Å². The molecule has 0 bridgehead atoms. The molecule has 1 saturated heterocycles. The van der Waals surface area contributed by atoms with Crippen LogP contribution < -0.4 is 5.32 Å². The minimum atomic E-state index is -4.88. The Hall–Kier alpha value is -2.09. The lowest BCUT2D eigenvalue weighted by Gasteiger charge is -2.32. The van der Waals surface area contributed by atoms with E-state index in [1.165, 1.54) is 0 Å². The van der Waals surface area contributed by atoms with Crippen molar-refractivity contribution in [3.8, 4) is 0 Å². The van der Waals surface area contributed by atoms with Crippen molar-refractivity contribution in [1.82, 2.24) is 10.2 Å². The van der Waals surface area contributed by atoms with E-state index in [-0.39, 0.29) is 6.42 Å². The second kappa shape index (κ2) is 5.23. The molecular formula is C15H15F3N2O3. The van der Waals surface area contributed by atoms with Crippen LogP contribution in [-0.4, -0.2) is 46.3 Å². The van der Waals surface area contributed by atoms with Crippen molar-refractivity contribution < 1.29 is 27.9 Å². The normalized spacial score (nSPS) is 25.5. The number of carbonyl (C=O) groups excluding carboxylic acids is 2. The first-order chi connectivity index (χ1) is 10.7. The average Bonchev–Trinajstić information content (AvgIpc) is 2.70. The Morgan fingerprint density at radius 3 is 2.57 bits per heavy atom. The van der Waals surface area contributed by atoms with Crippen molar-refractivity contribution in [3.05, 3.63) is 35.4 Å². The number of aliphatic hydroxyl groups excluding tert-OH is 1. The van der Waals surface area contributed by atoms with Crippen LogP contribution in [0.2, 0.25) is 0 Å². The SMILES string of the molecule is O=C1N[C@]2(CCc3ccccc3C2)C(=O)N1C[C@@H](O)C(F)(F)F. The quantitative estimate of drug-likeness (QED) is 0.806. The monoisotopic (exact) mass is 328 g/mol. The molecule has 0 radical (unpaired) electrons. The zero-order valence-corrected chi connectivity index (χ0v) is 12.1. The number of hydrogen-bond donors (Lipinski definition) is 2. The molecule has 3 rings (SSSR count). The van der Waals surface area contributed by atoms with Crippen LogP contribution in [0.3, 0.4) is 0 Å². The molecule has 1 heterocycles. The van der Waals surface area contributed by atoms with E-state index < -0.39 is 36.3 Å². The van der Waals surface area contributed by atoms with Gasteiger partial charge in [0.25, 0.3) is 5.91 Å². The van der Waals surface area contributed by atoms with Crippen LogP contribution in [0.5, 0.6) is 0 Å². The molecular weight excluding hydrogens is 313 g/mol. The maximum absolute atomic E-state index is 12.5. The van der Waals surface area contributed by atoms with Crippen molar-refractivity contribution in [2.45, 2.75) is 37.1 Å². The molecule has 2 N–H and O–H groups in total. The molecule has 2 atom stereocenters. The number of imide groups is 1. The van der Waals surface area contributed by atoms with Crippen LogP contribution in [0.4, 0.5) is 18.0 Å². The highest BCUT2D eigenvalue weighted by atomic mass is 19.4. The van der Waals surface area contributed by atoms with Gasteiger partial charge in [0.05, 0.1) is 6.54 Å². The number of urea groups is 1. The van der Waals surface area contributed by atoms with Gasteiger partial charge in [-0.25, -0.2) is 4.79 Å². The number of fused-ring (bicyclic) bond motifs is 1. The summed E-state index contributed by atoms with van der Waals surface area (Å²) in [6, 6.07) is 6.55. The summed E-state index contributed by atoms with van der Waals surface area (Å²) < 4.78 is 37.4. The predicted molar refractivity (Wildman–Crippen MR) is 73.5 cm³/mol. The molecule has 1 fully saturated rings. The Morgan fingerprint density at radius 1 is 1.26 bits per heavy atom. The summed E-state index contributed by atoms with van der Waals surface area (Å²) in [5.41, 5.74) is 0.746. The number of β-amino-alcohol motifs (C(OH)–C–C–N with tert-alkyl or cyclic N) is 1. The largest absolute Gasteiger partial charge is 0.416 e. The third-order valence-corrected chi connectivity index (χ3v) is 4.41. The third kappa shape index (κ3) is 2.67. The van der Waals surface area contributed by atoms with Gasteiger partial charge in [0, 0.05) is 6.42 Å². The molecule has 23 heavy (non-hydrogen) atoms. The van der Waals surface area contributed by atoms with E-state index in [0.717, 1.165) is 11.1 Å². The summed E-state index contributed by atoms with van der Waals surface area (Å²) in [6.45, 7) is -1.09. The molecule has 0 unspecified atom stereocenters. The van der Waals surface area contributed by atoms with Crippen LogP contribution in [0, 0.1) is 0 Å². The van der Waals surface area contributed by atoms with Crippen LogP contribution in [0.1, 0.15) is 17.5 Å². The van der Waals surface area contributed by atoms with Gasteiger partial charge in [-0.15, -0.1) is 0 Å². The van der Waals surface area contributed by atoms with E-state index in [1.807, 2.05) is 24.3 Å². The molecule has 3 amide bonds. The van der Waals surface area contributed by atoms with Gasteiger partial charge in [-0.05, 0) is 24.0 Å². The molecule has 8 heteroatoms. The number of nitrogens with one attached hydrogen (secondary N) is 1. The van der Waals surface area contributed by atoms with Gasteiger partial charge in [0.2, 0.25) is 0 Å². The van der Waals surface area contributed by atoms with Gasteiger partial charge in [-0.1, -0.05) is 24.3 Å². The first-order valence-electron chi connectivity index (χ1n) is 7.19. The summed E-state index contributed by atoms with van der Waals surface area (Å²) in [7, 11) is 0. The zero-order chi connectivity index (χ0) is 16.8. The van der Waals surface area contributed by atoms with Crippen molar-refractivity contribution in [2.24, 2.45) is 0 Å². The molecule has 1 spiro atoms. The molecule has 0 aromatic heterocycles. The lowest BCUT2D eigenvalue weighted by molar-refractivity contribution is -0.206. The lowest BCUT2D eigenvalue weighted by Crippen LogP contribution is -2.52. The fraction of sp³-hybridized carbons (Fsp3) is 0.467. The summed E-state index contributed by atoms with van der Waals surface area (Å²) in [4.78, 5) is 24.9. The Bertz CT molecular complexity index is 662. The summed E-state index contributed by atoms with van der Waals surface area (Å²) in [5, 5.41) is 11.7. The summed E-state index contributed by atoms with van der Waals surface area (Å²) in [5.74, 6) is -0.708. The van der Waals surface area contributed by atoms with Crippen LogP contribution >= 0.6 is 0 Å². The molecule has 1 aromatic carbocycles. The van der Waals surface area contributed by atoms with Gasteiger partial charge in [0.1, 0.15) is 5.54 Å². The van der Waals surface area contributed by atoms with Crippen molar-refractivity contribution >= 4 is 11.9 Å². The maximum Gasteiger partial charge on any atom is 0.416 e. The number of halogens is 3. The average molecular weight is 328 g/mol. The van der Waals surface area contributed by atoms with Crippen molar-refractivity contribution in [3.63, 3.8) is 0 Å². The molecule has 1 aliphatic carbocycles. The van der Waals surface area contributed by atoms with E-state index in [1.54, 1.807) is 0 Å². The third-order valence-electron chi connectivity index (χ3n) is 4.41. The molecule has 1 aliphatic heterocycles. The smallest absolute Gasteiger partial charge is 0.382 e. The van der Waals surface area contributed by atoms with Crippen LogP contribution in [0.25, 0.3) is 0 Å². The highest BCUT2D eigenvalue weighted by molar-refractivity contribution is 6.07. The minimum absolute atomic E-state index is 0.242. The predicted octanol–water partition coefficient (Wildman–Crippen LogP) is 1.39. The number of aliphatic hydroxyl groups is 1. The number of rotatable bonds is 2. The number of nitrogens with zero attached hydrogens (tertiary/aromatic N) is 1. The lowest BCUT2D eigenvalue weighted by atomic mass is 9.78. The zero-order valence-electron chi connectivity index (χ0n) is 12.1. The number of benzene rings is 1. The van der Waals surface area contributed by atoms with Gasteiger partial charge in [-0.2, -0.15) is 13.2 Å². The topological polar surface area (TPSA) is 69.6 Å². The Kier molecular flexibility index (Phi) is 3.59. The molecule has 2 aliphatic rings. The van der Waals surface area contributed by atoms with Crippen molar-refractivity contribution in [2.75, 3.05) is 6.54 Å². The van der Waals surface area contributed by atoms with E-state index >= 15 is 0 Å². The highest BCUT2D eigenvalue weighted by Crippen LogP contribution is 2.34. The first-order valence-corrected chi connectivity index (χ1v) is 7.19. The number of alkyl halides is 3. The molecule has 0 saturated carbocycles. The van der Waals surface area contributed by atoms with E-state index in [2.05, 4.69) is 5.32 Å². The summed E-state index contributed by atoms with van der Waals surface area (Å²) >= 11 is 0. The first kappa shape index (κ1) is 15.8. The molecule has 1 aromatic rings.